The van der Waals surface area contributed by atoms with Gasteiger partial charge in [-0.25, -0.2) is 9.78 Å². The van der Waals surface area contributed by atoms with Crippen LogP contribution in [0.25, 0.3) is 11.4 Å². The summed E-state index contributed by atoms with van der Waals surface area (Å²) >= 11 is 0. The highest BCUT2D eigenvalue weighted by molar-refractivity contribution is 6.04. The number of hydrogen-bond acceptors (Lipinski definition) is 7. The van der Waals surface area contributed by atoms with Crippen molar-refractivity contribution in [2.45, 2.75) is 6.54 Å². The molecule has 3 N–H and O–H groups in total. The van der Waals surface area contributed by atoms with E-state index < -0.39 is 11.9 Å². The molecule has 0 saturated heterocycles. The van der Waals surface area contributed by atoms with Gasteiger partial charge in [0.25, 0.3) is 5.91 Å². The second-order valence-corrected chi connectivity index (χ2v) is 6.80. The Labute approximate surface area is 188 Å². The lowest BCUT2D eigenvalue weighted by atomic mass is 10.2. The van der Waals surface area contributed by atoms with Gasteiger partial charge in [0.05, 0.1) is 25.0 Å². The first-order chi connectivity index (χ1) is 16.0. The van der Waals surface area contributed by atoms with Gasteiger partial charge in [-0.1, -0.05) is 6.07 Å². The summed E-state index contributed by atoms with van der Waals surface area (Å²) in [5.74, 6) is -0.543. The standard InChI is InChI=1S/C22H20N6O5/c1-32-20-13-14(33-12-11-28-10-8-19(27-28)22(30)31)5-6-17(20)25-21(29)18-4-2-3-15(24-18)16-7-9-23-26-16/h2-10,13H,11-12H2,1H3,(H,23,26)(H,25,29)(H,30,31). The summed E-state index contributed by atoms with van der Waals surface area (Å²) in [7, 11) is 1.49. The van der Waals surface area contributed by atoms with Gasteiger partial charge in [-0.3, -0.25) is 14.6 Å². The fourth-order valence-electron chi connectivity index (χ4n) is 3.02. The summed E-state index contributed by atoms with van der Waals surface area (Å²) < 4.78 is 12.6. The minimum Gasteiger partial charge on any atom is -0.494 e. The Morgan fingerprint density at radius 1 is 1.12 bits per heavy atom. The SMILES string of the molecule is COc1cc(OCCn2ccc(C(=O)O)n2)ccc1NC(=O)c1cccc(-c2cc[nH]n2)n1. The van der Waals surface area contributed by atoms with E-state index in [4.69, 9.17) is 14.6 Å². The summed E-state index contributed by atoms with van der Waals surface area (Å²) in [5.41, 5.74) is 1.88. The number of nitrogens with zero attached hydrogens (tertiary/aromatic N) is 4. The molecule has 0 aliphatic carbocycles. The Bertz CT molecular complexity index is 1270. The van der Waals surface area contributed by atoms with Crippen molar-refractivity contribution in [3.05, 3.63) is 72.3 Å². The van der Waals surface area contributed by atoms with E-state index in [1.807, 2.05) is 0 Å². The molecule has 0 atom stereocenters. The number of hydrogen-bond donors (Lipinski definition) is 3. The summed E-state index contributed by atoms with van der Waals surface area (Å²) in [6.07, 6.45) is 3.25. The number of carbonyl (C=O) groups excluding carboxylic acids is 1. The topological polar surface area (TPSA) is 144 Å². The molecule has 4 rings (SSSR count). The van der Waals surface area contributed by atoms with Gasteiger partial charge in [0.2, 0.25) is 0 Å². The van der Waals surface area contributed by atoms with Crippen LogP contribution in [0.2, 0.25) is 0 Å². The molecule has 4 aromatic rings. The Kier molecular flexibility index (Phi) is 6.30. The molecule has 1 amide bonds. The number of aromatic nitrogens is 5. The van der Waals surface area contributed by atoms with Crippen molar-refractivity contribution >= 4 is 17.6 Å². The fraction of sp³-hybridized carbons (Fsp3) is 0.136. The van der Waals surface area contributed by atoms with Gasteiger partial charge >= 0.3 is 5.97 Å². The maximum atomic E-state index is 12.7. The first-order valence-corrected chi connectivity index (χ1v) is 9.89. The van der Waals surface area contributed by atoms with Crippen LogP contribution in [-0.2, 0) is 6.54 Å². The molecule has 11 nitrogen and oxygen atoms in total. The first-order valence-electron chi connectivity index (χ1n) is 9.89. The maximum absolute atomic E-state index is 12.7. The Hall–Kier alpha value is -4.67. The predicted molar refractivity (Wildman–Crippen MR) is 117 cm³/mol. The first kappa shape index (κ1) is 21.6. The lowest BCUT2D eigenvalue weighted by molar-refractivity contribution is 0.0689. The van der Waals surface area contributed by atoms with Crippen molar-refractivity contribution in [3.8, 4) is 22.9 Å². The van der Waals surface area contributed by atoms with E-state index in [9.17, 15) is 9.59 Å². The Balaban J connectivity index is 1.40. The number of aromatic amines is 1. The van der Waals surface area contributed by atoms with Gasteiger partial charge in [-0.2, -0.15) is 10.2 Å². The quantitative estimate of drug-likeness (QED) is 0.354. The summed E-state index contributed by atoms with van der Waals surface area (Å²) in [5, 5.41) is 22.4. The molecule has 0 spiro atoms. The molecule has 33 heavy (non-hydrogen) atoms. The molecule has 0 aliphatic heterocycles. The molecule has 0 fully saturated rings. The van der Waals surface area contributed by atoms with Gasteiger partial charge in [0.1, 0.15) is 29.5 Å². The van der Waals surface area contributed by atoms with Gasteiger partial charge in [0, 0.05) is 18.5 Å². The van der Waals surface area contributed by atoms with Crippen LogP contribution in [-0.4, -0.2) is 55.7 Å². The second kappa shape index (κ2) is 9.64. The van der Waals surface area contributed by atoms with Crippen LogP contribution in [0.15, 0.2) is 60.9 Å². The highest BCUT2D eigenvalue weighted by Crippen LogP contribution is 2.29. The molecule has 11 heteroatoms. The van der Waals surface area contributed by atoms with Crippen LogP contribution in [0.3, 0.4) is 0 Å². The monoisotopic (exact) mass is 448 g/mol. The van der Waals surface area contributed by atoms with Gasteiger partial charge in [0.15, 0.2) is 5.69 Å². The number of carboxylic acids is 1. The number of H-pyrrole nitrogens is 1. The van der Waals surface area contributed by atoms with Crippen molar-refractivity contribution in [2.24, 2.45) is 0 Å². The highest BCUT2D eigenvalue weighted by atomic mass is 16.5. The average Bonchev–Trinajstić information content (AvgIpc) is 3.53. The molecule has 0 radical (unpaired) electrons. The maximum Gasteiger partial charge on any atom is 0.356 e. The van der Waals surface area contributed by atoms with Crippen molar-refractivity contribution < 1.29 is 24.2 Å². The molecular weight excluding hydrogens is 428 g/mol. The van der Waals surface area contributed by atoms with E-state index in [-0.39, 0.29) is 18.0 Å². The number of aromatic carboxylic acids is 1. The van der Waals surface area contributed by atoms with Gasteiger partial charge < -0.3 is 19.9 Å². The minimum atomic E-state index is -1.08. The zero-order chi connectivity index (χ0) is 23.2. The molecule has 3 aromatic heterocycles. The zero-order valence-electron chi connectivity index (χ0n) is 17.6. The summed E-state index contributed by atoms with van der Waals surface area (Å²) in [6, 6.07) is 13.3. The summed E-state index contributed by atoms with van der Waals surface area (Å²) in [4.78, 5) is 28.0. The molecule has 0 saturated carbocycles. The number of ether oxygens (including phenoxy) is 2. The van der Waals surface area contributed by atoms with E-state index in [0.717, 1.165) is 0 Å². The highest BCUT2D eigenvalue weighted by Gasteiger charge is 2.14. The number of amides is 1. The third-order valence-electron chi connectivity index (χ3n) is 4.61. The zero-order valence-corrected chi connectivity index (χ0v) is 17.6. The number of methoxy groups -OCH3 is 1. The van der Waals surface area contributed by atoms with Gasteiger partial charge in [-0.15, -0.1) is 0 Å². The molecule has 3 heterocycles. The fourth-order valence-corrected chi connectivity index (χ4v) is 3.02. The smallest absolute Gasteiger partial charge is 0.356 e. The number of carbonyl (C=O) groups is 2. The van der Waals surface area contributed by atoms with Crippen LogP contribution < -0.4 is 14.8 Å². The van der Waals surface area contributed by atoms with Crippen molar-refractivity contribution in [1.82, 2.24) is 25.0 Å². The van der Waals surface area contributed by atoms with E-state index in [0.29, 0.717) is 35.1 Å². The van der Waals surface area contributed by atoms with Crippen molar-refractivity contribution in [1.29, 1.82) is 0 Å². The summed E-state index contributed by atoms with van der Waals surface area (Å²) in [6.45, 7) is 0.631. The Morgan fingerprint density at radius 3 is 2.73 bits per heavy atom. The van der Waals surface area contributed by atoms with Gasteiger partial charge in [-0.05, 0) is 36.4 Å². The van der Waals surface area contributed by atoms with E-state index >= 15 is 0 Å². The van der Waals surface area contributed by atoms with Crippen LogP contribution in [0.1, 0.15) is 21.0 Å². The number of anilines is 1. The number of nitrogens with one attached hydrogen (secondary N) is 2. The lowest BCUT2D eigenvalue weighted by Crippen LogP contribution is -2.15. The van der Waals surface area contributed by atoms with Crippen molar-refractivity contribution in [3.63, 3.8) is 0 Å². The average molecular weight is 448 g/mol. The predicted octanol–water partition coefficient (Wildman–Crippen LogP) is 2.71. The van der Waals surface area contributed by atoms with E-state index in [2.05, 4.69) is 25.6 Å². The van der Waals surface area contributed by atoms with Crippen molar-refractivity contribution in [2.75, 3.05) is 19.0 Å². The molecule has 168 valence electrons. The third-order valence-corrected chi connectivity index (χ3v) is 4.61. The number of rotatable bonds is 9. The lowest BCUT2D eigenvalue weighted by Gasteiger charge is -2.13. The number of pyridine rings is 1. The third kappa shape index (κ3) is 5.15. The Morgan fingerprint density at radius 2 is 2.00 bits per heavy atom. The van der Waals surface area contributed by atoms with Crippen LogP contribution in [0.4, 0.5) is 5.69 Å². The normalized spacial score (nSPS) is 10.6. The minimum absolute atomic E-state index is 0.0267. The van der Waals surface area contributed by atoms with E-state index in [1.165, 1.54) is 17.9 Å². The molecule has 0 bridgehead atoms. The molecule has 1 aromatic carbocycles. The second-order valence-electron chi connectivity index (χ2n) is 6.80. The molecule has 0 aliphatic rings. The van der Waals surface area contributed by atoms with Crippen LogP contribution >= 0.6 is 0 Å². The van der Waals surface area contributed by atoms with Crippen LogP contribution in [0, 0.1) is 0 Å². The number of benzene rings is 1. The molecular formula is C22H20N6O5. The van der Waals surface area contributed by atoms with E-state index in [1.54, 1.807) is 54.9 Å². The number of carboxylic acid groups (broad SMARTS) is 1. The molecule has 0 unspecified atom stereocenters. The van der Waals surface area contributed by atoms with Crippen LogP contribution in [0.5, 0.6) is 11.5 Å². The largest absolute Gasteiger partial charge is 0.494 e.